The molecular weight excluding hydrogens is 378 g/mol. The normalized spacial score (nSPS) is 11.3. The number of halogens is 1. The number of hydrogen-bond donors (Lipinski definition) is 0. The summed E-state index contributed by atoms with van der Waals surface area (Å²) in [5, 5.41) is 13.8. The number of nitrogens with zero attached hydrogens (tertiary/aromatic N) is 5. The summed E-state index contributed by atoms with van der Waals surface area (Å²) in [5.74, 6) is -0.534. The Balaban J connectivity index is 2.31. The van der Waals surface area contributed by atoms with Crippen LogP contribution in [-0.2, 0) is 11.2 Å². The van der Waals surface area contributed by atoms with Gasteiger partial charge in [-0.3, -0.25) is 0 Å². The molecule has 0 saturated heterocycles. The summed E-state index contributed by atoms with van der Waals surface area (Å²) in [6.07, 6.45) is 4.30. The maximum absolute atomic E-state index is 12.4. The Morgan fingerprint density at radius 1 is 1.29 bits per heavy atom. The number of ether oxygens (including phenoxy) is 1. The van der Waals surface area contributed by atoms with Crippen molar-refractivity contribution in [3.05, 3.63) is 52.6 Å². The zero-order chi connectivity index (χ0) is 20.3. The third-order valence-electron chi connectivity index (χ3n) is 4.10. The Kier molecular flexibility index (Phi) is 5.94. The Hall–Kier alpha value is -2.93. The molecule has 0 bridgehead atoms. The lowest BCUT2D eigenvalue weighted by atomic mass is 10.0. The first kappa shape index (κ1) is 19.8. The third kappa shape index (κ3) is 3.84. The Morgan fingerprint density at radius 2 is 2.07 bits per heavy atom. The number of carbonyl (C=O) groups is 1. The van der Waals surface area contributed by atoms with Crippen LogP contribution < -0.4 is 0 Å². The molecule has 28 heavy (non-hydrogen) atoms. The molecule has 3 aromatic rings. The van der Waals surface area contributed by atoms with Crippen molar-refractivity contribution in [1.82, 2.24) is 24.7 Å². The van der Waals surface area contributed by atoms with Crippen LogP contribution in [0.4, 0.5) is 0 Å². The highest BCUT2D eigenvalue weighted by molar-refractivity contribution is 6.30. The molecule has 0 N–H and O–H groups in total. The zero-order valence-corrected chi connectivity index (χ0v) is 17.1. The molecule has 0 atom stereocenters. The van der Waals surface area contributed by atoms with E-state index in [-0.39, 0.29) is 12.3 Å². The first-order valence-electron chi connectivity index (χ1n) is 9.02. The molecule has 8 heteroatoms. The minimum atomic E-state index is -0.534. The molecule has 0 spiro atoms. The molecule has 7 nitrogen and oxygen atoms in total. The van der Waals surface area contributed by atoms with Crippen LogP contribution >= 0.6 is 11.6 Å². The predicted molar refractivity (Wildman–Crippen MR) is 109 cm³/mol. The second-order valence-electron chi connectivity index (χ2n) is 6.35. The van der Waals surface area contributed by atoms with Crippen molar-refractivity contribution in [2.75, 3.05) is 20.7 Å². The fourth-order valence-corrected chi connectivity index (χ4v) is 3.05. The number of fused-ring (bicyclic) bond motifs is 1. The summed E-state index contributed by atoms with van der Waals surface area (Å²) in [7, 11) is 3.79. The fraction of sp³-hybridized carbons (Fsp3) is 0.300. The van der Waals surface area contributed by atoms with Gasteiger partial charge in [0, 0.05) is 25.3 Å². The summed E-state index contributed by atoms with van der Waals surface area (Å²) >= 11 is 6.18. The Labute approximate surface area is 168 Å². The van der Waals surface area contributed by atoms with E-state index in [1.165, 1.54) is 0 Å². The number of benzene rings is 1. The van der Waals surface area contributed by atoms with Crippen LogP contribution in [0.15, 0.2) is 30.5 Å². The fourth-order valence-electron chi connectivity index (χ4n) is 2.86. The standard InChI is InChI=1S/C20H22ClN5O2/c1-5-15-17(13-8-7-9-14(21)12-13)19-23-22-18(20(27)28-6-2)16(26(19)24-15)10-11-25(3)4/h7-12H,5-6H2,1-4H3/b11-10+. The van der Waals surface area contributed by atoms with E-state index in [4.69, 9.17) is 21.4 Å². The highest BCUT2D eigenvalue weighted by atomic mass is 35.5. The van der Waals surface area contributed by atoms with Gasteiger partial charge in [0.05, 0.1) is 17.9 Å². The molecule has 2 aromatic heterocycles. The predicted octanol–water partition coefficient (Wildman–Crippen LogP) is 3.72. The summed E-state index contributed by atoms with van der Waals surface area (Å²) in [6.45, 7) is 4.02. The molecule has 0 aliphatic rings. The van der Waals surface area contributed by atoms with Crippen LogP contribution in [0.3, 0.4) is 0 Å². The van der Waals surface area contributed by atoms with E-state index in [2.05, 4.69) is 10.2 Å². The lowest BCUT2D eigenvalue weighted by Gasteiger charge is -2.08. The van der Waals surface area contributed by atoms with Gasteiger partial charge < -0.3 is 9.64 Å². The molecular formula is C20H22ClN5O2. The number of carbonyl (C=O) groups excluding carboxylic acids is 1. The van der Waals surface area contributed by atoms with Crippen molar-refractivity contribution in [3.63, 3.8) is 0 Å². The minimum Gasteiger partial charge on any atom is -0.461 e. The summed E-state index contributed by atoms with van der Waals surface area (Å²) in [4.78, 5) is 14.3. The van der Waals surface area contributed by atoms with Crippen LogP contribution in [0.5, 0.6) is 0 Å². The van der Waals surface area contributed by atoms with Gasteiger partial charge in [-0.2, -0.15) is 5.10 Å². The average molecular weight is 400 g/mol. The molecule has 1 aromatic carbocycles. The maximum Gasteiger partial charge on any atom is 0.361 e. The summed E-state index contributed by atoms with van der Waals surface area (Å²) in [6, 6.07) is 7.53. The molecule has 2 heterocycles. The van der Waals surface area contributed by atoms with Gasteiger partial charge >= 0.3 is 5.97 Å². The molecule has 146 valence electrons. The second-order valence-corrected chi connectivity index (χ2v) is 6.79. The van der Waals surface area contributed by atoms with Gasteiger partial charge in [-0.05, 0) is 37.1 Å². The van der Waals surface area contributed by atoms with Crippen LogP contribution in [0, 0.1) is 0 Å². The van der Waals surface area contributed by atoms with Gasteiger partial charge in [0.15, 0.2) is 11.3 Å². The molecule has 0 saturated carbocycles. The van der Waals surface area contributed by atoms with Crippen LogP contribution in [0.2, 0.25) is 5.02 Å². The average Bonchev–Trinajstić information content (AvgIpc) is 3.05. The number of aryl methyl sites for hydroxylation is 1. The van der Waals surface area contributed by atoms with Crippen molar-refractivity contribution in [3.8, 4) is 11.1 Å². The van der Waals surface area contributed by atoms with Gasteiger partial charge in [-0.15, -0.1) is 10.2 Å². The SMILES string of the molecule is CCOC(=O)c1nnc2c(-c3cccc(Cl)c3)c(CC)nn2c1/C=C/N(C)C. The summed E-state index contributed by atoms with van der Waals surface area (Å²) < 4.78 is 6.79. The largest absolute Gasteiger partial charge is 0.461 e. The van der Waals surface area contributed by atoms with E-state index in [1.54, 1.807) is 17.5 Å². The van der Waals surface area contributed by atoms with Gasteiger partial charge in [0.25, 0.3) is 0 Å². The van der Waals surface area contributed by atoms with Crippen LogP contribution in [-0.4, -0.2) is 51.4 Å². The van der Waals surface area contributed by atoms with Crippen LogP contribution in [0.25, 0.3) is 22.9 Å². The van der Waals surface area contributed by atoms with Gasteiger partial charge in [-0.25, -0.2) is 9.31 Å². The van der Waals surface area contributed by atoms with E-state index in [9.17, 15) is 4.79 Å². The minimum absolute atomic E-state index is 0.121. The van der Waals surface area contributed by atoms with E-state index < -0.39 is 5.97 Å². The maximum atomic E-state index is 12.4. The van der Waals surface area contributed by atoms with Crippen molar-refractivity contribution in [2.24, 2.45) is 0 Å². The Morgan fingerprint density at radius 3 is 2.71 bits per heavy atom. The molecule has 0 unspecified atom stereocenters. The van der Waals surface area contributed by atoms with E-state index in [0.717, 1.165) is 16.8 Å². The third-order valence-corrected chi connectivity index (χ3v) is 4.33. The molecule has 3 rings (SSSR count). The van der Waals surface area contributed by atoms with E-state index in [1.807, 2.05) is 56.4 Å². The lowest BCUT2D eigenvalue weighted by molar-refractivity contribution is 0.0517. The van der Waals surface area contributed by atoms with E-state index >= 15 is 0 Å². The molecule has 0 aliphatic carbocycles. The first-order chi connectivity index (χ1) is 13.5. The zero-order valence-electron chi connectivity index (χ0n) is 16.3. The smallest absolute Gasteiger partial charge is 0.361 e. The van der Waals surface area contributed by atoms with Gasteiger partial charge in [0.1, 0.15) is 5.69 Å². The topological polar surface area (TPSA) is 72.6 Å². The van der Waals surface area contributed by atoms with Crippen molar-refractivity contribution < 1.29 is 9.53 Å². The highest BCUT2D eigenvalue weighted by Gasteiger charge is 2.23. The van der Waals surface area contributed by atoms with Crippen molar-refractivity contribution in [2.45, 2.75) is 20.3 Å². The molecule has 0 radical (unpaired) electrons. The Bertz CT molecular complexity index is 1040. The van der Waals surface area contributed by atoms with Crippen molar-refractivity contribution >= 4 is 29.3 Å². The van der Waals surface area contributed by atoms with E-state index in [0.29, 0.717) is 22.8 Å². The van der Waals surface area contributed by atoms with Crippen LogP contribution in [0.1, 0.15) is 35.7 Å². The van der Waals surface area contributed by atoms with Gasteiger partial charge in [0.2, 0.25) is 0 Å². The number of rotatable bonds is 6. The first-order valence-corrected chi connectivity index (χ1v) is 9.40. The number of esters is 1. The second kappa shape index (κ2) is 8.39. The van der Waals surface area contributed by atoms with Crippen molar-refractivity contribution in [1.29, 1.82) is 0 Å². The number of hydrogen-bond acceptors (Lipinski definition) is 6. The van der Waals surface area contributed by atoms with Gasteiger partial charge in [-0.1, -0.05) is 30.7 Å². The molecule has 0 aliphatic heterocycles. The molecule has 0 amide bonds. The monoisotopic (exact) mass is 399 g/mol. The number of aromatic nitrogens is 4. The molecule has 0 fully saturated rings. The quantitative estimate of drug-likeness (QED) is 0.588. The lowest BCUT2D eigenvalue weighted by Crippen LogP contribution is -2.14. The summed E-state index contributed by atoms with van der Waals surface area (Å²) in [5.41, 5.74) is 3.80. The highest BCUT2D eigenvalue weighted by Crippen LogP contribution is 2.30.